The number of hydrogen-bond donors (Lipinski definition) is 0. The maximum atomic E-state index is 12.8. The van der Waals surface area contributed by atoms with E-state index in [4.69, 9.17) is 4.74 Å². The summed E-state index contributed by atoms with van der Waals surface area (Å²) in [5, 5.41) is 4.14. The van der Waals surface area contributed by atoms with Gasteiger partial charge in [0.05, 0.1) is 18.9 Å². The molecule has 0 bridgehead atoms. The molecule has 8 heteroatoms. The number of benzene rings is 1. The van der Waals surface area contributed by atoms with E-state index < -0.39 is 17.2 Å². The first-order valence-electron chi connectivity index (χ1n) is 8.71. The number of hydrogen-bond acceptors (Lipinski definition) is 5. The topological polar surface area (TPSA) is 86.4 Å². The van der Waals surface area contributed by atoms with Crippen LogP contribution < -0.4 is 11.2 Å². The minimum absolute atomic E-state index is 0.232. The predicted molar refractivity (Wildman–Crippen MR) is 95.8 cm³/mol. The zero-order valence-corrected chi connectivity index (χ0v) is 15.0. The van der Waals surface area contributed by atoms with Gasteiger partial charge in [-0.25, -0.2) is 4.79 Å². The number of ether oxygens (including phenoxy) is 1. The quantitative estimate of drug-likeness (QED) is 0.798. The van der Waals surface area contributed by atoms with Crippen molar-refractivity contribution in [1.29, 1.82) is 0 Å². The summed E-state index contributed by atoms with van der Waals surface area (Å²) in [6.07, 6.45) is 0.595. The molecule has 1 aliphatic rings. The van der Waals surface area contributed by atoms with Crippen molar-refractivity contribution in [2.45, 2.75) is 26.8 Å². The molecule has 0 spiro atoms. The van der Waals surface area contributed by atoms with Crippen molar-refractivity contribution in [3.8, 4) is 5.69 Å². The SMILES string of the molecule is CCCn1c(=O)c(C(=O)N2CCOCC2)nn(-c2cccc(C)c2)c1=O. The number of carbonyl (C=O) groups is 1. The van der Waals surface area contributed by atoms with Gasteiger partial charge >= 0.3 is 5.69 Å². The van der Waals surface area contributed by atoms with Crippen LogP contribution in [0.4, 0.5) is 0 Å². The molecule has 2 aromatic rings. The summed E-state index contributed by atoms with van der Waals surface area (Å²) in [6.45, 7) is 5.64. The largest absolute Gasteiger partial charge is 0.378 e. The van der Waals surface area contributed by atoms with Crippen LogP contribution in [0, 0.1) is 6.92 Å². The number of morpholine rings is 1. The maximum absolute atomic E-state index is 12.8. The maximum Gasteiger partial charge on any atom is 0.352 e. The number of aromatic nitrogens is 3. The van der Waals surface area contributed by atoms with E-state index in [0.717, 1.165) is 14.8 Å². The van der Waals surface area contributed by atoms with Crippen molar-refractivity contribution in [1.82, 2.24) is 19.2 Å². The van der Waals surface area contributed by atoms with E-state index in [1.54, 1.807) is 18.2 Å². The van der Waals surface area contributed by atoms with Crippen molar-refractivity contribution in [2.24, 2.45) is 0 Å². The van der Waals surface area contributed by atoms with Gasteiger partial charge in [-0.05, 0) is 31.0 Å². The monoisotopic (exact) mass is 358 g/mol. The lowest BCUT2D eigenvalue weighted by atomic mass is 10.2. The molecule has 0 unspecified atom stereocenters. The van der Waals surface area contributed by atoms with Crippen LogP contribution in [0.25, 0.3) is 5.69 Å². The van der Waals surface area contributed by atoms with E-state index >= 15 is 0 Å². The lowest BCUT2D eigenvalue weighted by Gasteiger charge is -2.26. The fraction of sp³-hybridized carbons (Fsp3) is 0.444. The molecule has 1 aromatic heterocycles. The van der Waals surface area contributed by atoms with Crippen molar-refractivity contribution in [2.75, 3.05) is 26.3 Å². The smallest absolute Gasteiger partial charge is 0.352 e. The molecular formula is C18H22N4O4. The Balaban J connectivity index is 2.16. The van der Waals surface area contributed by atoms with Gasteiger partial charge in [0, 0.05) is 19.6 Å². The molecule has 0 saturated carbocycles. The lowest BCUT2D eigenvalue weighted by Crippen LogP contribution is -2.48. The molecule has 26 heavy (non-hydrogen) atoms. The van der Waals surface area contributed by atoms with E-state index in [9.17, 15) is 14.4 Å². The number of aryl methyl sites for hydroxylation is 1. The van der Waals surface area contributed by atoms with Crippen LogP contribution >= 0.6 is 0 Å². The Morgan fingerprint density at radius 3 is 2.62 bits per heavy atom. The summed E-state index contributed by atoms with van der Waals surface area (Å²) in [7, 11) is 0. The minimum atomic E-state index is -0.641. The van der Waals surface area contributed by atoms with E-state index in [1.807, 2.05) is 19.9 Å². The van der Waals surface area contributed by atoms with Gasteiger partial charge in [0.1, 0.15) is 0 Å². The second kappa shape index (κ2) is 7.65. The molecule has 0 aliphatic carbocycles. The van der Waals surface area contributed by atoms with Gasteiger partial charge in [0.2, 0.25) is 5.69 Å². The van der Waals surface area contributed by atoms with Crippen LogP contribution in [0.5, 0.6) is 0 Å². The van der Waals surface area contributed by atoms with Crippen molar-refractivity contribution in [3.63, 3.8) is 0 Å². The molecular weight excluding hydrogens is 336 g/mol. The highest BCUT2D eigenvalue weighted by Gasteiger charge is 2.25. The molecule has 1 saturated heterocycles. The molecule has 1 aliphatic heterocycles. The highest BCUT2D eigenvalue weighted by Crippen LogP contribution is 2.08. The third-order valence-corrected chi connectivity index (χ3v) is 4.25. The van der Waals surface area contributed by atoms with Gasteiger partial charge in [-0.1, -0.05) is 19.1 Å². The fourth-order valence-corrected chi connectivity index (χ4v) is 2.91. The fourth-order valence-electron chi connectivity index (χ4n) is 2.91. The third-order valence-electron chi connectivity index (χ3n) is 4.25. The first-order valence-corrected chi connectivity index (χ1v) is 8.71. The van der Waals surface area contributed by atoms with E-state index in [1.165, 1.54) is 4.90 Å². The summed E-state index contributed by atoms with van der Waals surface area (Å²) < 4.78 is 7.47. The van der Waals surface area contributed by atoms with Gasteiger partial charge < -0.3 is 9.64 Å². The molecule has 0 atom stereocenters. The Kier molecular flexibility index (Phi) is 5.32. The summed E-state index contributed by atoms with van der Waals surface area (Å²) in [5.41, 5.74) is 0.0565. The van der Waals surface area contributed by atoms with Crippen molar-refractivity contribution in [3.05, 3.63) is 56.4 Å². The van der Waals surface area contributed by atoms with Crippen LogP contribution in [0.1, 0.15) is 29.4 Å². The number of nitrogens with zero attached hydrogens (tertiary/aromatic N) is 4. The van der Waals surface area contributed by atoms with Gasteiger partial charge in [-0.2, -0.15) is 9.78 Å². The van der Waals surface area contributed by atoms with Gasteiger partial charge in [0.25, 0.3) is 11.5 Å². The zero-order chi connectivity index (χ0) is 18.7. The second-order valence-electron chi connectivity index (χ2n) is 6.24. The van der Waals surface area contributed by atoms with Crippen LogP contribution in [0.3, 0.4) is 0 Å². The summed E-state index contributed by atoms with van der Waals surface area (Å²) >= 11 is 0. The Hall–Kier alpha value is -2.74. The van der Waals surface area contributed by atoms with Crippen molar-refractivity contribution < 1.29 is 9.53 Å². The number of amides is 1. The molecule has 0 radical (unpaired) electrons. The summed E-state index contributed by atoms with van der Waals surface area (Å²) in [6, 6.07) is 7.22. The molecule has 1 amide bonds. The average Bonchev–Trinajstić information content (AvgIpc) is 2.65. The highest BCUT2D eigenvalue weighted by atomic mass is 16.5. The molecule has 0 N–H and O–H groups in total. The number of rotatable bonds is 4. The molecule has 1 fully saturated rings. The van der Waals surface area contributed by atoms with Crippen molar-refractivity contribution >= 4 is 5.91 Å². The first-order chi connectivity index (χ1) is 12.5. The van der Waals surface area contributed by atoms with E-state index in [2.05, 4.69) is 5.10 Å². The minimum Gasteiger partial charge on any atom is -0.378 e. The van der Waals surface area contributed by atoms with Crippen LogP contribution in [-0.2, 0) is 11.3 Å². The Morgan fingerprint density at radius 2 is 1.96 bits per heavy atom. The van der Waals surface area contributed by atoms with E-state index in [0.29, 0.717) is 38.4 Å². The first kappa shape index (κ1) is 18.1. The lowest BCUT2D eigenvalue weighted by molar-refractivity contribution is 0.0295. The molecule has 1 aromatic carbocycles. The van der Waals surface area contributed by atoms with Crippen LogP contribution in [-0.4, -0.2) is 51.5 Å². The third kappa shape index (κ3) is 3.45. The predicted octanol–water partition coefficient (Wildman–Crippen LogP) is 0.585. The highest BCUT2D eigenvalue weighted by molar-refractivity contribution is 5.91. The van der Waals surface area contributed by atoms with Gasteiger partial charge in [-0.15, -0.1) is 0 Å². The molecule has 2 heterocycles. The Labute approximate surface area is 150 Å². The molecule has 8 nitrogen and oxygen atoms in total. The molecule has 3 rings (SSSR count). The van der Waals surface area contributed by atoms with Gasteiger partial charge in [0.15, 0.2) is 0 Å². The average molecular weight is 358 g/mol. The zero-order valence-electron chi connectivity index (χ0n) is 15.0. The normalized spacial score (nSPS) is 14.5. The van der Waals surface area contributed by atoms with E-state index in [-0.39, 0.29) is 12.2 Å². The second-order valence-corrected chi connectivity index (χ2v) is 6.24. The number of carbonyl (C=O) groups excluding carboxylic acids is 1. The summed E-state index contributed by atoms with van der Waals surface area (Å²) in [4.78, 5) is 39.8. The van der Waals surface area contributed by atoms with Gasteiger partial charge in [-0.3, -0.25) is 14.2 Å². The Morgan fingerprint density at radius 1 is 1.23 bits per heavy atom. The summed E-state index contributed by atoms with van der Waals surface area (Å²) in [5.74, 6) is -0.468. The van der Waals surface area contributed by atoms with Crippen LogP contribution in [0.2, 0.25) is 0 Å². The standard InChI is InChI=1S/C18H22N4O4/c1-3-7-21-17(24)15(16(23)20-8-10-26-11-9-20)19-22(18(21)25)14-6-4-5-13(2)12-14/h4-6,12H,3,7-11H2,1-2H3. The Bertz CT molecular complexity index is 926. The van der Waals surface area contributed by atoms with Crippen LogP contribution in [0.15, 0.2) is 33.9 Å². The molecule has 138 valence electrons.